The van der Waals surface area contributed by atoms with Crippen LogP contribution in [0.1, 0.15) is 16.7 Å². The molecule has 0 bridgehead atoms. The molecule has 0 aromatic heterocycles. The molecule has 84 valence electrons. The molecule has 0 fully saturated rings. The molecule has 0 aliphatic heterocycles. The first-order valence-electron chi connectivity index (χ1n) is 5.28. The maximum absolute atomic E-state index is 5.47. The van der Waals surface area contributed by atoms with Gasteiger partial charge in [0.15, 0.2) is 0 Å². The fourth-order valence-corrected chi connectivity index (χ4v) is 1.96. The van der Waals surface area contributed by atoms with Crippen molar-refractivity contribution in [2.24, 2.45) is 0 Å². The lowest BCUT2D eigenvalue weighted by atomic mass is 10.0. The molecule has 0 unspecified atom stereocenters. The highest BCUT2D eigenvalue weighted by Crippen LogP contribution is 2.26. The van der Waals surface area contributed by atoms with Gasteiger partial charge in [0.25, 0.3) is 0 Å². The molecule has 0 heterocycles. The van der Waals surface area contributed by atoms with Crippen LogP contribution in [0.25, 0.3) is 0 Å². The van der Waals surface area contributed by atoms with E-state index in [0.29, 0.717) is 0 Å². The highest BCUT2D eigenvalue weighted by atomic mass is 16.5. The van der Waals surface area contributed by atoms with Crippen LogP contribution in [0.4, 0.5) is 0 Å². The second-order valence-electron chi connectivity index (χ2n) is 5.22. The van der Waals surface area contributed by atoms with E-state index in [9.17, 15) is 0 Å². The minimum Gasteiger partial charge on any atom is -0.496 e. The zero-order valence-electron chi connectivity index (χ0n) is 10.7. The van der Waals surface area contributed by atoms with Crippen molar-refractivity contribution in [1.82, 2.24) is 0 Å². The van der Waals surface area contributed by atoms with Crippen molar-refractivity contribution in [2.45, 2.75) is 20.4 Å². The second-order valence-corrected chi connectivity index (χ2v) is 5.22. The molecule has 0 amide bonds. The Morgan fingerprint density at radius 1 is 1.13 bits per heavy atom. The van der Waals surface area contributed by atoms with Gasteiger partial charge >= 0.3 is 0 Å². The van der Waals surface area contributed by atoms with Crippen molar-refractivity contribution < 1.29 is 9.22 Å². The number of hydrogen-bond donors (Lipinski definition) is 0. The van der Waals surface area contributed by atoms with Gasteiger partial charge in [0, 0.05) is 5.56 Å². The fraction of sp³-hybridized carbons (Fsp3) is 0.538. The van der Waals surface area contributed by atoms with E-state index in [0.717, 1.165) is 16.8 Å². The molecular formula is C13H22NO+. The fourth-order valence-electron chi connectivity index (χ4n) is 1.96. The number of aryl methyl sites for hydroxylation is 2. The summed E-state index contributed by atoms with van der Waals surface area (Å²) in [6, 6.07) is 4.38. The maximum Gasteiger partial charge on any atom is 0.130 e. The molecular weight excluding hydrogens is 186 g/mol. The summed E-state index contributed by atoms with van der Waals surface area (Å²) < 4.78 is 6.38. The lowest BCUT2D eigenvalue weighted by Gasteiger charge is -2.25. The van der Waals surface area contributed by atoms with E-state index in [1.54, 1.807) is 7.11 Å². The van der Waals surface area contributed by atoms with Gasteiger partial charge < -0.3 is 9.22 Å². The van der Waals surface area contributed by atoms with Crippen LogP contribution in [0, 0.1) is 13.8 Å². The van der Waals surface area contributed by atoms with E-state index in [1.165, 1.54) is 16.7 Å². The number of quaternary nitrogens is 1. The van der Waals surface area contributed by atoms with E-state index in [4.69, 9.17) is 4.74 Å². The van der Waals surface area contributed by atoms with Gasteiger partial charge in [-0.3, -0.25) is 0 Å². The summed E-state index contributed by atoms with van der Waals surface area (Å²) in [6.07, 6.45) is 0. The first-order chi connectivity index (χ1) is 6.83. The van der Waals surface area contributed by atoms with Crippen molar-refractivity contribution in [3.05, 3.63) is 28.8 Å². The summed E-state index contributed by atoms with van der Waals surface area (Å²) in [6.45, 7) is 5.22. The highest BCUT2D eigenvalue weighted by Gasteiger charge is 2.15. The Morgan fingerprint density at radius 3 is 2.20 bits per heavy atom. The average Bonchev–Trinajstić information content (AvgIpc) is 1.99. The summed E-state index contributed by atoms with van der Waals surface area (Å²) in [5.74, 6) is 1.04. The lowest BCUT2D eigenvalue weighted by Crippen LogP contribution is -2.33. The number of benzene rings is 1. The Morgan fingerprint density at radius 2 is 1.73 bits per heavy atom. The Kier molecular flexibility index (Phi) is 3.40. The predicted molar refractivity (Wildman–Crippen MR) is 64.2 cm³/mol. The van der Waals surface area contributed by atoms with E-state index in [1.807, 2.05) is 0 Å². The van der Waals surface area contributed by atoms with E-state index in [-0.39, 0.29) is 0 Å². The smallest absolute Gasteiger partial charge is 0.130 e. The van der Waals surface area contributed by atoms with Crippen molar-refractivity contribution in [2.75, 3.05) is 28.3 Å². The maximum atomic E-state index is 5.47. The molecule has 0 atom stereocenters. The summed E-state index contributed by atoms with van der Waals surface area (Å²) in [5.41, 5.74) is 3.82. The van der Waals surface area contributed by atoms with E-state index >= 15 is 0 Å². The number of hydrogen-bond acceptors (Lipinski definition) is 1. The van der Waals surface area contributed by atoms with Crippen LogP contribution in [-0.4, -0.2) is 32.7 Å². The Hall–Kier alpha value is -1.02. The molecule has 0 N–H and O–H groups in total. The third-order valence-electron chi connectivity index (χ3n) is 2.34. The molecule has 1 aromatic rings. The van der Waals surface area contributed by atoms with Crippen LogP contribution < -0.4 is 4.74 Å². The lowest BCUT2D eigenvalue weighted by molar-refractivity contribution is -0.884. The summed E-state index contributed by atoms with van der Waals surface area (Å²) in [5, 5.41) is 0. The molecule has 2 nitrogen and oxygen atoms in total. The van der Waals surface area contributed by atoms with Gasteiger partial charge in [-0.2, -0.15) is 0 Å². The van der Waals surface area contributed by atoms with Crippen molar-refractivity contribution in [3.8, 4) is 5.75 Å². The summed E-state index contributed by atoms with van der Waals surface area (Å²) in [7, 11) is 8.32. The number of ether oxygens (including phenoxy) is 1. The van der Waals surface area contributed by atoms with Gasteiger partial charge in [0.1, 0.15) is 12.3 Å². The molecule has 0 saturated heterocycles. The molecule has 15 heavy (non-hydrogen) atoms. The molecule has 0 spiro atoms. The van der Waals surface area contributed by atoms with Gasteiger partial charge in [-0.05, 0) is 25.5 Å². The van der Waals surface area contributed by atoms with Gasteiger partial charge in [-0.1, -0.05) is 11.6 Å². The van der Waals surface area contributed by atoms with Crippen molar-refractivity contribution in [3.63, 3.8) is 0 Å². The van der Waals surface area contributed by atoms with Crippen LogP contribution >= 0.6 is 0 Å². The third kappa shape index (κ3) is 3.24. The van der Waals surface area contributed by atoms with Crippen molar-refractivity contribution >= 4 is 0 Å². The van der Waals surface area contributed by atoms with Gasteiger partial charge in [-0.25, -0.2) is 0 Å². The number of nitrogens with zero attached hydrogens (tertiary/aromatic N) is 1. The molecule has 1 rings (SSSR count). The molecule has 2 heteroatoms. The zero-order valence-corrected chi connectivity index (χ0v) is 10.7. The van der Waals surface area contributed by atoms with Crippen LogP contribution in [0.2, 0.25) is 0 Å². The SMILES string of the molecule is COc1c(C)cc(C)cc1C[N+](C)(C)C. The minimum absolute atomic E-state index is 0.916. The van der Waals surface area contributed by atoms with Crippen LogP contribution in [0.5, 0.6) is 5.75 Å². The largest absolute Gasteiger partial charge is 0.496 e. The first kappa shape index (κ1) is 12.1. The molecule has 0 saturated carbocycles. The van der Waals surface area contributed by atoms with Crippen LogP contribution in [0.3, 0.4) is 0 Å². The Labute approximate surface area is 93.1 Å². The minimum atomic E-state index is 0.916. The average molecular weight is 208 g/mol. The topological polar surface area (TPSA) is 9.23 Å². The highest BCUT2D eigenvalue weighted by molar-refractivity contribution is 5.43. The van der Waals surface area contributed by atoms with Crippen molar-refractivity contribution in [1.29, 1.82) is 0 Å². The Balaban J connectivity index is 3.15. The summed E-state index contributed by atoms with van der Waals surface area (Å²) in [4.78, 5) is 0. The zero-order chi connectivity index (χ0) is 11.6. The van der Waals surface area contributed by atoms with Crippen LogP contribution in [0.15, 0.2) is 12.1 Å². The predicted octanol–water partition coefficient (Wildman–Crippen LogP) is 2.52. The van der Waals surface area contributed by atoms with Crippen LogP contribution in [-0.2, 0) is 6.54 Å². The normalized spacial score (nSPS) is 11.6. The van der Waals surface area contributed by atoms with Gasteiger partial charge in [-0.15, -0.1) is 0 Å². The molecule has 0 aliphatic carbocycles. The van der Waals surface area contributed by atoms with Gasteiger partial charge in [0.2, 0.25) is 0 Å². The number of rotatable bonds is 3. The molecule has 0 radical (unpaired) electrons. The summed E-state index contributed by atoms with van der Waals surface area (Å²) >= 11 is 0. The monoisotopic (exact) mass is 208 g/mol. The molecule has 1 aromatic carbocycles. The number of methoxy groups -OCH3 is 1. The first-order valence-corrected chi connectivity index (χ1v) is 5.28. The third-order valence-corrected chi connectivity index (χ3v) is 2.34. The van der Waals surface area contributed by atoms with Gasteiger partial charge in [0.05, 0.1) is 28.3 Å². The van der Waals surface area contributed by atoms with E-state index in [2.05, 4.69) is 47.1 Å². The standard InChI is InChI=1S/C13H22NO/c1-10-7-11(2)13(15-6)12(8-10)9-14(3,4)5/h7-8H,9H2,1-6H3/q+1. The van der Waals surface area contributed by atoms with E-state index < -0.39 is 0 Å². The second kappa shape index (κ2) is 4.23. The quantitative estimate of drug-likeness (QED) is 0.694. The molecule has 0 aliphatic rings. The Bertz CT molecular complexity index is 350.